The third-order valence-electron chi connectivity index (χ3n) is 3.89. The lowest BCUT2D eigenvalue weighted by molar-refractivity contribution is -0.385. The van der Waals surface area contributed by atoms with Crippen LogP contribution in [0.3, 0.4) is 0 Å². The predicted octanol–water partition coefficient (Wildman–Crippen LogP) is 1.23. The molecule has 0 spiro atoms. The fourth-order valence-corrected chi connectivity index (χ4v) is 3.53. The van der Waals surface area contributed by atoms with Crippen LogP contribution in [-0.4, -0.2) is 39.5 Å². The fraction of sp³-hybridized carbons (Fsp3) is 0. The number of aromatic hydroxyl groups is 1. The van der Waals surface area contributed by atoms with Gasteiger partial charge in [-0.3, -0.25) is 34.4 Å². The number of ketones is 2. The summed E-state index contributed by atoms with van der Waals surface area (Å²) in [5.41, 5.74) is -5.74. The van der Waals surface area contributed by atoms with Crippen LogP contribution in [0.5, 0.6) is 5.75 Å². The van der Waals surface area contributed by atoms with E-state index < -0.39 is 75.8 Å². The van der Waals surface area contributed by atoms with Crippen molar-refractivity contribution in [2.75, 3.05) is 0 Å². The number of hydrogen-bond acceptors (Lipinski definition) is 9. The number of benzene rings is 2. The number of nitro groups is 2. The summed E-state index contributed by atoms with van der Waals surface area (Å²) in [5, 5.41) is 32.3. The first-order valence-electron chi connectivity index (χ1n) is 6.85. The number of nitro benzene ring substituents is 2. The Morgan fingerprint density at radius 1 is 0.778 bits per heavy atom. The van der Waals surface area contributed by atoms with Crippen molar-refractivity contribution in [2.45, 2.75) is 4.90 Å². The molecule has 0 radical (unpaired) electrons. The zero-order valence-corrected chi connectivity index (χ0v) is 13.6. The Bertz CT molecular complexity index is 1200. The largest absolute Gasteiger partial charge is 0.507 e. The topological polar surface area (TPSA) is 195 Å². The van der Waals surface area contributed by atoms with Gasteiger partial charge < -0.3 is 5.11 Å². The molecule has 0 heterocycles. The first-order valence-corrected chi connectivity index (χ1v) is 8.29. The Labute approximate surface area is 148 Å². The number of phenolic OH excluding ortho intramolecular Hbond substituents is 1. The predicted molar refractivity (Wildman–Crippen MR) is 84.5 cm³/mol. The van der Waals surface area contributed by atoms with Crippen LogP contribution in [0.15, 0.2) is 29.2 Å². The third-order valence-corrected chi connectivity index (χ3v) is 4.78. The minimum absolute atomic E-state index is 0.539. The molecule has 0 unspecified atom stereocenters. The van der Waals surface area contributed by atoms with Crippen molar-refractivity contribution in [1.29, 1.82) is 0 Å². The molecule has 1 aliphatic carbocycles. The molecule has 27 heavy (non-hydrogen) atoms. The van der Waals surface area contributed by atoms with Gasteiger partial charge in [-0.15, -0.1) is 0 Å². The Balaban J connectivity index is 2.55. The van der Waals surface area contributed by atoms with E-state index in [-0.39, 0.29) is 0 Å². The van der Waals surface area contributed by atoms with Gasteiger partial charge in [0, 0.05) is 12.1 Å². The van der Waals surface area contributed by atoms with Crippen molar-refractivity contribution in [3.8, 4) is 5.75 Å². The molecule has 0 aromatic heterocycles. The molecule has 13 heteroatoms. The van der Waals surface area contributed by atoms with Crippen LogP contribution in [-0.2, 0) is 10.1 Å². The second-order valence-electron chi connectivity index (χ2n) is 5.33. The van der Waals surface area contributed by atoms with E-state index in [0.29, 0.717) is 12.1 Å². The molecule has 0 atom stereocenters. The van der Waals surface area contributed by atoms with E-state index in [4.69, 9.17) is 0 Å². The second-order valence-corrected chi connectivity index (χ2v) is 6.72. The van der Waals surface area contributed by atoms with Crippen LogP contribution in [0, 0.1) is 20.2 Å². The van der Waals surface area contributed by atoms with E-state index in [1.54, 1.807) is 0 Å². The highest BCUT2D eigenvalue weighted by Crippen LogP contribution is 2.42. The minimum Gasteiger partial charge on any atom is -0.507 e. The molecule has 0 saturated heterocycles. The lowest BCUT2D eigenvalue weighted by atomic mass is 9.82. The van der Waals surface area contributed by atoms with Crippen molar-refractivity contribution < 1.29 is 37.5 Å². The number of phenols is 1. The molecule has 0 bridgehead atoms. The number of nitrogens with zero attached hydrogens (tertiary/aromatic N) is 2. The molecule has 138 valence electrons. The van der Waals surface area contributed by atoms with E-state index in [1.807, 2.05) is 0 Å². The zero-order chi connectivity index (χ0) is 20.3. The van der Waals surface area contributed by atoms with Gasteiger partial charge in [0.15, 0.2) is 0 Å². The molecule has 12 nitrogen and oxygen atoms in total. The Hall–Kier alpha value is -3.71. The minimum atomic E-state index is -5.12. The van der Waals surface area contributed by atoms with Crippen LogP contribution in [0.25, 0.3) is 0 Å². The fourth-order valence-electron chi connectivity index (χ4n) is 2.84. The summed E-state index contributed by atoms with van der Waals surface area (Å²) >= 11 is 0. The molecule has 2 N–H and O–H groups in total. The van der Waals surface area contributed by atoms with Crippen LogP contribution < -0.4 is 0 Å². The third kappa shape index (κ3) is 2.52. The van der Waals surface area contributed by atoms with Crippen LogP contribution >= 0.6 is 0 Å². The molecular weight excluding hydrogens is 388 g/mol. The highest BCUT2D eigenvalue weighted by molar-refractivity contribution is 7.86. The molecule has 0 aliphatic heterocycles. The number of rotatable bonds is 3. The average molecular weight is 394 g/mol. The lowest BCUT2D eigenvalue weighted by Crippen LogP contribution is -2.26. The van der Waals surface area contributed by atoms with Gasteiger partial charge in [0.25, 0.3) is 21.5 Å². The van der Waals surface area contributed by atoms with Gasteiger partial charge in [0.2, 0.25) is 11.6 Å². The van der Waals surface area contributed by atoms with Gasteiger partial charge in [0.1, 0.15) is 21.8 Å². The van der Waals surface area contributed by atoms with Gasteiger partial charge in [-0.1, -0.05) is 0 Å². The second kappa shape index (κ2) is 5.65. The van der Waals surface area contributed by atoms with Gasteiger partial charge in [-0.2, -0.15) is 8.42 Å². The molecule has 2 aromatic rings. The van der Waals surface area contributed by atoms with Crippen LogP contribution in [0.2, 0.25) is 0 Å². The summed E-state index contributed by atoms with van der Waals surface area (Å²) < 4.78 is 32.5. The van der Waals surface area contributed by atoms with Crippen LogP contribution in [0.4, 0.5) is 11.4 Å². The summed E-state index contributed by atoms with van der Waals surface area (Å²) in [6.07, 6.45) is 0. The quantitative estimate of drug-likeness (QED) is 0.370. The summed E-state index contributed by atoms with van der Waals surface area (Å²) in [7, 11) is -5.12. The first-order chi connectivity index (χ1) is 12.5. The maximum atomic E-state index is 12.8. The molecule has 3 rings (SSSR count). The number of hydrogen-bond donors (Lipinski definition) is 2. The van der Waals surface area contributed by atoms with E-state index in [9.17, 15) is 47.9 Å². The summed E-state index contributed by atoms with van der Waals surface area (Å²) in [6.45, 7) is 0. The monoisotopic (exact) mass is 394 g/mol. The number of fused-ring (bicyclic) bond motifs is 2. The van der Waals surface area contributed by atoms with Crippen molar-refractivity contribution in [1.82, 2.24) is 0 Å². The highest BCUT2D eigenvalue weighted by Gasteiger charge is 2.44. The maximum Gasteiger partial charge on any atom is 0.295 e. The molecule has 0 saturated carbocycles. The molecular formula is C14H6N2O10S. The van der Waals surface area contributed by atoms with E-state index in [0.717, 1.165) is 12.1 Å². The van der Waals surface area contributed by atoms with E-state index in [2.05, 4.69) is 0 Å². The van der Waals surface area contributed by atoms with Crippen molar-refractivity contribution >= 4 is 33.1 Å². The normalized spacial score (nSPS) is 13.1. The molecule has 2 aromatic carbocycles. The molecule has 0 fully saturated rings. The highest BCUT2D eigenvalue weighted by atomic mass is 32.2. The molecule has 1 aliphatic rings. The van der Waals surface area contributed by atoms with Crippen LogP contribution in [0.1, 0.15) is 31.8 Å². The lowest BCUT2D eigenvalue weighted by Gasteiger charge is -2.19. The van der Waals surface area contributed by atoms with E-state index in [1.165, 1.54) is 0 Å². The zero-order valence-electron chi connectivity index (χ0n) is 12.8. The van der Waals surface area contributed by atoms with Gasteiger partial charge in [0.05, 0.1) is 21.0 Å². The van der Waals surface area contributed by atoms with Crippen molar-refractivity contribution in [3.05, 3.63) is 66.7 Å². The Morgan fingerprint density at radius 3 is 1.70 bits per heavy atom. The molecule has 0 amide bonds. The van der Waals surface area contributed by atoms with Gasteiger partial charge >= 0.3 is 0 Å². The number of carbonyl (C=O) groups excluding carboxylic acids is 2. The van der Waals surface area contributed by atoms with Gasteiger partial charge in [-0.05, 0) is 12.1 Å². The Morgan fingerprint density at radius 2 is 1.22 bits per heavy atom. The maximum absolute atomic E-state index is 12.8. The average Bonchev–Trinajstić information content (AvgIpc) is 2.56. The van der Waals surface area contributed by atoms with Crippen molar-refractivity contribution in [3.63, 3.8) is 0 Å². The Kier molecular flexibility index (Phi) is 3.79. The summed E-state index contributed by atoms with van der Waals surface area (Å²) in [4.78, 5) is 44.7. The summed E-state index contributed by atoms with van der Waals surface area (Å²) in [6, 6.07) is 2.60. The summed E-state index contributed by atoms with van der Waals surface area (Å²) in [5.74, 6) is -3.65. The van der Waals surface area contributed by atoms with Crippen molar-refractivity contribution in [2.24, 2.45) is 0 Å². The SMILES string of the molecule is O=C1c2c(O)ccc([N+](=O)[O-])c2C(=O)c2c(S(=O)(=O)O)ccc([N+](=O)[O-])c21. The van der Waals surface area contributed by atoms with Gasteiger partial charge in [-0.25, -0.2) is 0 Å². The number of carbonyl (C=O) groups is 2. The smallest absolute Gasteiger partial charge is 0.295 e. The standard InChI is InChI=1S/C14H6N2O10S/c17-7-3-1-5(15(20)21)9-11(7)13(18)10-6(16(22)23)2-4-8(27(24,25)26)12(10)14(9)19/h1-4,17H,(H,24,25,26). The van der Waals surface area contributed by atoms with E-state index >= 15 is 0 Å². The first kappa shape index (κ1) is 18.1.